The maximum Gasteiger partial charge on any atom is 0.326 e. The number of nitrogens with zero attached hydrogens (tertiary/aromatic N) is 1. The van der Waals surface area contributed by atoms with Crippen LogP contribution in [-0.2, 0) is 6.42 Å². The average molecular weight is 410 g/mol. The molecule has 3 aromatic rings. The highest BCUT2D eigenvalue weighted by molar-refractivity contribution is 9.10. The Hall–Kier alpha value is -2.79. The van der Waals surface area contributed by atoms with Crippen LogP contribution in [0.2, 0.25) is 0 Å². The van der Waals surface area contributed by atoms with Crippen molar-refractivity contribution in [2.75, 3.05) is 17.2 Å². The summed E-state index contributed by atoms with van der Waals surface area (Å²) in [5.74, 6) is 0. The van der Waals surface area contributed by atoms with E-state index >= 15 is 0 Å². The van der Waals surface area contributed by atoms with Crippen molar-refractivity contribution in [1.82, 2.24) is 5.32 Å². The van der Waals surface area contributed by atoms with Gasteiger partial charge in [0.25, 0.3) is 0 Å². The van der Waals surface area contributed by atoms with Crippen molar-refractivity contribution in [1.29, 1.82) is 0 Å². The fourth-order valence-corrected chi connectivity index (χ4v) is 3.15. The van der Waals surface area contributed by atoms with Crippen molar-refractivity contribution < 1.29 is 4.79 Å². The van der Waals surface area contributed by atoms with Crippen LogP contribution in [0.3, 0.4) is 0 Å². The third kappa shape index (κ3) is 4.43. The molecule has 0 radical (unpaired) electrons. The van der Waals surface area contributed by atoms with Gasteiger partial charge < -0.3 is 11.1 Å². The molecule has 0 heterocycles. The van der Waals surface area contributed by atoms with E-state index in [0.29, 0.717) is 12.2 Å². The second-order valence-corrected chi connectivity index (χ2v) is 6.69. The zero-order valence-corrected chi connectivity index (χ0v) is 15.8. The van der Waals surface area contributed by atoms with E-state index in [1.807, 2.05) is 66.7 Å². The van der Waals surface area contributed by atoms with E-state index in [1.165, 1.54) is 0 Å². The molecule has 0 aromatic heterocycles. The quantitative estimate of drug-likeness (QED) is 0.574. The molecule has 4 nitrogen and oxygen atoms in total. The van der Waals surface area contributed by atoms with E-state index in [4.69, 9.17) is 5.73 Å². The van der Waals surface area contributed by atoms with E-state index in [9.17, 15) is 4.79 Å². The summed E-state index contributed by atoms with van der Waals surface area (Å²) in [5.41, 5.74) is 9.17. The molecule has 0 saturated heterocycles. The van der Waals surface area contributed by atoms with E-state index in [2.05, 4.69) is 21.2 Å². The molecule has 0 aliphatic rings. The van der Waals surface area contributed by atoms with Crippen molar-refractivity contribution in [3.05, 3.63) is 88.9 Å². The fourth-order valence-electron chi connectivity index (χ4n) is 2.67. The van der Waals surface area contributed by atoms with Crippen LogP contribution in [0.1, 0.15) is 5.56 Å². The number of nitrogen functional groups attached to an aromatic ring is 1. The number of urea groups is 1. The maximum absolute atomic E-state index is 12.9. The van der Waals surface area contributed by atoms with Crippen LogP contribution in [0.4, 0.5) is 21.9 Å². The van der Waals surface area contributed by atoms with Crippen molar-refractivity contribution in [3.8, 4) is 0 Å². The number of carbonyl (C=O) groups excluding carboxylic acids is 1. The Balaban J connectivity index is 1.75. The van der Waals surface area contributed by atoms with Gasteiger partial charge >= 0.3 is 6.03 Å². The van der Waals surface area contributed by atoms with E-state index < -0.39 is 0 Å². The zero-order chi connectivity index (χ0) is 18.4. The molecule has 26 heavy (non-hydrogen) atoms. The molecule has 0 spiro atoms. The SMILES string of the molecule is Nc1ccc(N(C(=O)NCCc2ccccc2Br)c2ccccc2)cc1. The Kier molecular flexibility index (Phi) is 5.92. The Morgan fingerprint density at radius 1 is 0.885 bits per heavy atom. The van der Waals surface area contributed by atoms with Gasteiger partial charge in [0, 0.05) is 16.7 Å². The lowest BCUT2D eigenvalue weighted by Crippen LogP contribution is -2.37. The first-order chi connectivity index (χ1) is 12.6. The summed E-state index contributed by atoms with van der Waals surface area (Å²) >= 11 is 3.54. The molecule has 0 aliphatic carbocycles. The van der Waals surface area contributed by atoms with Gasteiger partial charge in [-0.15, -0.1) is 0 Å². The number of rotatable bonds is 5. The number of para-hydroxylation sites is 1. The minimum atomic E-state index is -0.173. The molecular weight excluding hydrogens is 390 g/mol. The Morgan fingerprint density at radius 2 is 1.50 bits per heavy atom. The highest BCUT2D eigenvalue weighted by Crippen LogP contribution is 2.26. The molecule has 3 aromatic carbocycles. The molecule has 3 N–H and O–H groups in total. The second kappa shape index (κ2) is 8.54. The topological polar surface area (TPSA) is 58.4 Å². The molecule has 132 valence electrons. The van der Waals surface area contributed by atoms with Gasteiger partial charge in [-0.2, -0.15) is 0 Å². The predicted octanol–water partition coefficient (Wildman–Crippen LogP) is 5.12. The van der Waals surface area contributed by atoms with Gasteiger partial charge in [-0.05, 0) is 54.4 Å². The summed E-state index contributed by atoms with van der Waals surface area (Å²) in [5, 5.41) is 3.00. The molecule has 0 unspecified atom stereocenters. The van der Waals surface area contributed by atoms with Crippen LogP contribution in [0.25, 0.3) is 0 Å². The molecule has 0 fully saturated rings. The number of nitrogens with two attached hydrogens (primary N) is 1. The van der Waals surface area contributed by atoms with Gasteiger partial charge in [-0.3, -0.25) is 4.90 Å². The summed E-state index contributed by atoms with van der Waals surface area (Å²) in [6, 6.07) is 24.7. The molecule has 2 amide bonds. The zero-order valence-electron chi connectivity index (χ0n) is 14.2. The predicted molar refractivity (Wildman–Crippen MR) is 111 cm³/mol. The lowest BCUT2D eigenvalue weighted by molar-refractivity contribution is 0.248. The maximum atomic E-state index is 12.9. The normalized spacial score (nSPS) is 10.3. The number of benzene rings is 3. The summed E-state index contributed by atoms with van der Waals surface area (Å²) in [6.45, 7) is 0.541. The van der Waals surface area contributed by atoms with Crippen LogP contribution in [0.5, 0.6) is 0 Å². The molecule has 5 heteroatoms. The first kappa shape index (κ1) is 18.0. The lowest BCUT2D eigenvalue weighted by Gasteiger charge is -2.23. The summed E-state index contributed by atoms with van der Waals surface area (Å²) in [6.07, 6.45) is 0.748. The second-order valence-electron chi connectivity index (χ2n) is 5.84. The third-order valence-corrected chi connectivity index (χ3v) is 4.77. The minimum absolute atomic E-state index is 0.173. The van der Waals surface area contributed by atoms with E-state index in [1.54, 1.807) is 17.0 Å². The van der Waals surface area contributed by atoms with Gasteiger partial charge in [0.05, 0.1) is 11.4 Å². The molecule has 0 aliphatic heterocycles. The standard InChI is InChI=1S/C21H20BrN3O/c22-20-9-5-4-6-16(20)14-15-24-21(26)25(18-7-2-1-3-8-18)19-12-10-17(23)11-13-19/h1-13H,14-15,23H2,(H,24,26). The van der Waals surface area contributed by atoms with Gasteiger partial charge in [0.2, 0.25) is 0 Å². The van der Waals surface area contributed by atoms with Crippen LogP contribution < -0.4 is 16.0 Å². The Bertz CT molecular complexity index is 866. The molecule has 0 atom stereocenters. The smallest absolute Gasteiger partial charge is 0.326 e. The highest BCUT2D eigenvalue weighted by atomic mass is 79.9. The van der Waals surface area contributed by atoms with Crippen molar-refractivity contribution in [2.24, 2.45) is 0 Å². The first-order valence-corrected chi connectivity index (χ1v) is 9.16. The Labute approximate surface area is 161 Å². The van der Waals surface area contributed by atoms with Crippen LogP contribution >= 0.6 is 15.9 Å². The minimum Gasteiger partial charge on any atom is -0.399 e. The largest absolute Gasteiger partial charge is 0.399 e. The van der Waals surface area contributed by atoms with Gasteiger partial charge in [-0.1, -0.05) is 52.3 Å². The summed E-state index contributed by atoms with van der Waals surface area (Å²) < 4.78 is 1.05. The first-order valence-electron chi connectivity index (χ1n) is 8.37. The van der Waals surface area contributed by atoms with E-state index in [-0.39, 0.29) is 6.03 Å². The molecular formula is C21H20BrN3O. The fraction of sp³-hybridized carbons (Fsp3) is 0.0952. The number of carbonyl (C=O) groups is 1. The number of halogens is 1. The molecule has 0 bridgehead atoms. The van der Waals surface area contributed by atoms with Gasteiger partial charge in [0.1, 0.15) is 0 Å². The average Bonchev–Trinajstić information content (AvgIpc) is 2.66. The lowest BCUT2D eigenvalue weighted by atomic mass is 10.1. The van der Waals surface area contributed by atoms with Gasteiger partial charge in [0.15, 0.2) is 0 Å². The Morgan fingerprint density at radius 3 is 2.19 bits per heavy atom. The monoisotopic (exact) mass is 409 g/mol. The summed E-state index contributed by atoms with van der Waals surface area (Å²) in [4.78, 5) is 14.5. The van der Waals surface area contributed by atoms with Crippen molar-refractivity contribution in [2.45, 2.75) is 6.42 Å². The van der Waals surface area contributed by atoms with Gasteiger partial charge in [-0.25, -0.2) is 4.79 Å². The van der Waals surface area contributed by atoms with E-state index in [0.717, 1.165) is 27.8 Å². The number of amides is 2. The molecule has 0 saturated carbocycles. The molecule has 3 rings (SSSR count). The highest BCUT2D eigenvalue weighted by Gasteiger charge is 2.17. The van der Waals surface area contributed by atoms with Crippen LogP contribution in [0.15, 0.2) is 83.3 Å². The third-order valence-electron chi connectivity index (χ3n) is 4.00. The van der Waals surface area contributed by atoms with Crippen LogP contribution in [-0.4, -0.2) is 12.6 Å². The van der Waals surface area contributed by atoms with Crippen LogP contribution in [0, 0.1) is 0 Å². The number of hydrogen-bond donors (Lipinski definition) is 2. The number of anilines is 3. The van der Waals surface area contributed by atoms with Crippen molar-refractivity contribution in [3.63, 3.8) is 0 Å². The number of hydrogen-bond acceptors (Lipinski definition) is 2. The number of nitrogens with one attached hydrogen (secondary N) is 1. The van der Waals surface area contributed by atoms with Crippen molar-refractivity contribution >= 4 is 39.0 Å². The summed E-state index contributed by atoms with van der Waals surface area (Å²) in [7, 11) is 0.